The summed E-state index contributed by atoms with van der Waals surface area (Å²) in [6.07, 6.45) is -0.0831. The smallest absolute Gasteiger partial charge is 0.248 e. The van der Waals surface area contributed by atoms with Crippen LogP contribution in [-0.2, 0) is 16.2 Å². The monoisotopic (exact) mass is 590 g/mol. The van der Waals surface area contributed by atoms with Crippen molar-refractivity contribution in [2.24, 2.45) is 5.92 Å². The fraction of sp³-hybridized carbons (Fsp3) is 0.576. The number of aliphatic hydroxyl groups excluding tert-OH is 1. The number of likely N-dealkylation sites (tertiary alicyclic amines) is 1. The molecule has 1 aliphatic carbocycles. The van der Waals surface area contributed by atoms with Crippen molar-refractivity contribution in [3.8, 4) is 5.75 Å². The number of carbonyl (C=O) groups is 2. The first-order chi connectivity index (χ1) is 19.7. The van der Waals surface area contributed by atoms with Crippen LogP contribution in [-0.4, -0.2) is 59.5 Å². The number of Topliss-reactive ketones (excluding diaryl/α,β-unsaturated/α-hetero) is 1. The summed E-state index contributed by atoms with van der Waals surface area (Å²) in [7, 11) is 0. The summed E-state index contributed by atoms with van der Waals surface area (Å²) in [6, 6.07) is 16.2. The molecule has 0 aromatic heterocycles. The van der Waals surface area contributed by atoms with Gasteiger partial charge in [-0.25, -0.2) is 13.2 Å². The van der Waals surface area contributed by atoms with Crippen molar-refractivity contribution in [1.82, 2.24) is 10.2 Å². The van der Waals surface area contributed by atoms with E-state index in [1.54, 1.807) is 24.3 Å². The summed E-state index contributed by atoms with van der Waals surface area (Å²) in [5, 5.41) is 14.1. The number of carbonyl (C=O) groups excluding carboxylic acids is 2. The van der Waals surface area contributed by atoms with Gasteiger partial charge in [-0.05, 0) is 55.4 Å². The van der Waals surface area contributed by atoms with Crippen LogP contribution in [0.3, 0.4) is 0 Å². The third-order valence-corrected chi connectivity index (χ3v) is 8.12. The van der Waals surface area contributed by atoms with Crippen LogP contribution in [0.1, 0.15) is 82.4 Å². The summed E-state index contributed by atoms with van der Waals surface area (Å²) in [5.74, 6) is -2.56. The number of alkyl halides is 3. The van der Waals surface area contributed by atoms with Crippen molar-refractivity contribution >= 4 is 11.7 Å². The SMILES string of the molecule is C.O=C(CCCCC(=O)C1CCC(F)(F)CC1)N[C@H](CN1CC[C@@H](F)C1)[C@H](O)c1ccc(OCc2ccccc2)cc1. The van der Waals surface area contributed by atoms with E-state index in [1.165, 1.54) is 0 Å². The number of nitrogens with zero attached hydrogens (tertiary/aromatic N) is 1. The number of ketones is 1. The summed E-state index contributed by atoms with van der Waals surface area (Å²) in [4.78, 5) is 27.1. The predicted molar refractivity (Wildman–Crippen MR) is 157 cm³/mol. The van der Waals surface area contributed by atoms with Crippen LogP contribution in [0.15, 0.2) is 54.6 Å². The van der Waals surface area contributed by atoms with Crippen molar-refractivity contribution in [2.75, 3.05) is 19.6 Å². The van der Waals surface area contributed by atoms with E-state index >= 15 is 0 Å². The molecule has 2 aromatic carbocycles. The van der Waals surface area contributed by atoms with Crippen LogP contribution >= 0.6 is 0 Å². The molecular formula is C33H45F3N2O4. The molecule has 9 heteroatoms. The molecule has 232 valence electrons. The van der Waals surface area contributed by atoms with Crippen molar-refractivity contribution in [3.63, 3.8) is 0 Å². The van der Waals surface area contributed by atoms with Gasteiger partial charge in [-0.2, -0.15) is 0 Å². The van der Waals surface area contributed by atoms with Gasteiger partial charge in [-0.3, -0.25) is 14.5 Å². The first kappa shape index (κ1) is 33.6. The Labute approximate surface area is 247 Å². The maximum absolute atomic E-state index is 13.8. The van der Waals surface area contributed by atoms with Crippen LogP contribution < -0.4 is 10.1 Å². The van der Waals surface area contributed by atoms with Crippen LogP contribution in [0.5, 0.6) is 5.75 Å². The molecule has 0 unspecified atom stereocenters. The zero-order valence-electron chi connectivity index (χ0n) is 23.5. The van der Waals surface area contributed by atoms with Gasteiger partial charge in [0.2, 0.25) is 11.8 Å². The Morgan fingerprint density at radius 3 is 2.31 bits per heavy atom. The number of ether oxygens (including phenoxy) is 1. The lowest BCUT2D eigenvalue weighted by molar-refractivity contribution is -0.127. The molecule has 42 heavy (non-hydrogen) atoms. The second-order valence-electron chi connectivity index (χ2n) is 11.4. The first-order valence-electron chi connectivity index (χ1n) is 14.7. The van der Waals surface area contributed by atoms with Gasteiger partial charge in [0.25, 0.3) is 0 Å². The van der Waals surface area contributed by atoms with Crippen LogP contribution in [0.4, 0.5) is 13.2 Å². The van der Waals surface area contributed by atoms with E-state index in [0.717, 1.165) is 5.56 Å². The number of halogens is 3. The van der Waals surface area contributed by atoms with Crippen LogP contribution in [0.2, 0.25) is 0 Å². The highest BCUT2D eigenvalue weighted by Crippen LogP contribution is 2.37. The van der Waals surface area contributed by atoms with Crippen LogP contribution in [0.25, 0.3) is 0 Å². The van der Waals surface area contributed by atoms with E-state index in [0.29, 0.717) is 50.3 Å². The summed E-state index contributed by atoms with van der Waals surface area (Å²) < 4.78 is 46.4. The third-order valence-electron chi connectivity index (χ3n) is 8.12. The van der Waals surface area contributed by atoms with Crippen molar-refractivity contribution in [2.45, 2.75) is 96.1 Å². The molecule has 2 aromatic rings. The van der Waals surface area contributed by atoms with Gasteiger partial charge in [0, 0.05) is 51.2 Å². The average Bonchev–Trinajstić information content (AvgIpc) is 3.38. The number of amides is 1. The van der Waals surface area contributed by atoms with Crippen LogP contribution in [0, 0.1) is 5.92 Å². The molecule has 0 bridgehead atoms. The average molecular weight is 591 g/mol. The molecule has 1 amide bonds. The van der Waals surface area contributed by atoms with Gasteiger partial charge in [0.05, 0.1) is 6.04 Å². The van der Waals surface area contributed by atoms with E-state index < -0.39 is 24.2 Å². The van der Waals surface area contributed by atoms with Crippen molar-refractivity contribution in [3.05, 3.63) is 65.7 Å². The molecule has 1 aliphatic heterocycles. The second kappa shape index (κ2) is 16.1. The standard InChI is InChI=1S/C32H41F3N2O4.CH4/c33-26-16-19-37(20-26)21-28(31(40)25-10-12-27(13-11-25)41-22-23-6-2-1-3-7-23)36-30(39)9-5-4-8-29(38)24-14-17-32(34,35)18-15-24;/h1-3,6-7,10-13,24,26,28,31,40H,4-5,8-9,14-22H2,(H,36,39);1H4/t26-,28-,31-;/m1./s1. The number of nitrogens with one attached hydrogen (secondary N) is 1. The van der Waals surface area contributed by atoms with Crippen molar-refractivity contribution in [1.29, 1.82) is 0 Å². The molecule has 1 heterocycles. The third kappa shape index (κ3) is 10.4. The normalized spacial score (nSPS) is 20.3. The Bertz CT molecular complexity index is 1110. The first-order valence-corrected chi connectivity index (χ1v) is 14.7. The van der Waals surface area contributed by atoms with Gasteiger partial charge in [0.1, 0.15) is 30.4 Å². The minimum absolute atomic E-state index is 0. The molecule has 2 fully saturated rings. The van der Waals surface area contributed by atoms with Gasteiger partial charge in [0.15, 0.2) is 0 Å². The lowest BCUT2D eigenvalue weighted by Crippen LogP contribution is -2.46. The zero-order chi connectivity index (χ0) is 29.2. The predicted octanol–water partition coefficient (Wildman–Crippen LogP) is 6.42. The Morgan fingerprint density at radius 1 is 1.00 bits per heavy atom. The number of aliphatic hydroxyl groups is 1. The molecular weight excluding hydrogens is 545 g/mol. The maximum Gasteiger partial charge on any atom is 0.248 e. The minimum Gasteiger partial charge on any atom is -0.489 e. The number of hydrogen-bond acceptors (Lipinski definition) is 5. The van der Waals surface area contributed by atoms with E-state index in [-0.39, 0.29) is 70.1 Å². The van der Waals surface area contributed by atoms with E-state index in [1.807, 2.05) is 35.2 Å². The van der Waals surface area contributed by atoms with Gasteiger partial charge < -0.3 is 15.2 Å². The van der Waals surface area contributed by atoms with E-state index in [4.69, 9.17) is 4.74 Å². The molecule has 6 nitrogen and oxygen atoms in total. The number of unbranched alkanes of at least 4 members (excludes halogenated alkanes) is 1. The number of hydrogen-bond donors (Lipinski definition) is 2. The lowest BCUT2D eigenvalue weighted by atomic mass is 9.83. The Morgan fingerprint density at radius 2 is 1.67 bits per heavy atom. The minimum atomic E-state index is -2.66. The fourth-order valence-electron chi connectivity index (χ4n) is 5.62. The lowest BCUT2D eigenvalue weighted by Gasteiger charge is -2.29. The van der Waals surface area contributed by atoms with Gasteiger partial charge in [-0.1, -0.05) is 49.9 Å². The molecule has 0 radical (unpaired) electrons. The molecule has 0 spiro atoms. The Balaban J connectivity index is 0.00000484. The van der Waals surface area contributed by atoms with Gasteiger partial charge >= 0.3 is 0 Å². The highest BCUT2D eigenvalue weighted by molar-refractivity contribution is 5.81. The second-order valence-corrected chi connectivity index (χ2v) is 11.4. The summed E-state index contributed by atoms with van der Waals surface area (Å²) >= 11 is 0. The summed E-state index contributed by atoms with van der Waals surface area (Å²) in [6.45, 7) is 1.55. The molecule has 3 atom stereocenters. The zero-order valence-corrected chi connectivity index (χ0v) is 23.5. The molecule has 1 saturated carbocycles. The van der Waals surface area contributed by atoms with E-state index in [9.17, 15) is 27.9 Å². The van der Waals surface area contributed by atoms with Crippen molar-refractivity contribution < 1.29 is 32.6 Å². The van der Waals surface area contributed by atoms with Gasteiger partial charge in [-0.15, -0.1) is 0 Å². The summed E-state index contributed by atoms with van der Waals surface area (Å²) in [5.41, 5.74) is 1.65. The molecule has 4 rings (SSSR count). The Kier molecular flexibility index (Phi) is 12.9. The highest BCUT2D eigenvalue weighted by Gasteiger charge is 2.37. The van der Waals surface area contributed by atoms with E-state index in [2.05, 4.69) is 5.32 Å². The molecule has 1 saturated heterocycles. The number of benzene rings is 2. The Hall–Kier alpha value is -2.91. The molecule has 2 aliphatic rings. The number of rotatable bonds is 14. The molecule has 2 N–H and O–H groups in total. The maximum atomic E-state index is 13.8. The largest absolute Gasteiger partial charge is 0.489 e. The fourth-order valence-corrected chi connectivity index (χ4v) is 5.62. The highest BCUT2D eigenvalue weighted by atomic mass is 19.3. The quantitative estimate of drug-likeness (QED) is 0.248. The topological polar surface area (TPSA) is 78.9 Å².